The fourth-order valence-electron chi connectivity index (χ4n) is 1.87. The monoisotopic (exact) mass is 243 g/mol. The second-order valence-electron chi connectivity index (χ2n) is 5.01. The molecule has 0 spiro atoms. The van der Waals surface area contributed by atoms with Gasteiger partial charge in [-0.25, -0.2) is 0 Å². The average Bonchev–Trinajstić information content (AvgIpc) is 2.44. The second-order valence-corrected chi connectivity index (χ2v) is 5.01. The summed E-state index contributed by atoms with van der Waals surface area (Å²) in [5, 5.41) is 4.69. The molecule has 96 valence electrons. The second kappa shape index (κ2) is 5.46. The van der Waals surface area contributed by atoms with Gasteiger partial charge in [-0.1, -0.05) is 25.1 Å². The minimum absolute atomic E-state index is 0.00560. The fourth-order valence-corrected chi connectivity index (χ4v) is 1.87. The Labute approximate surface area is 108 Å². The summed E-state index contributed by atoms with van der Waals surface area (Å²) < 4.78 is 0. The highest BCUT2D eigenvalue weighted by atomic mass is 15.0. The van der Waals surface area contributed by atoms with Crippen molar-refractivity contribution in [2.45, 2.75) is 32.4 Å². The lowest BCUT2D eigenvalue weighted by atomic mass is 9.99. The molecular weight excluding hydrogens is 222 g/mol. The molecule has 0 aliphatic carbocycles. The Morgan fingerprint density at radius 2 is 2.11 bits per heavy atom. The molecule has 2 rings (SSSR count). The van der Waals surface area contributed by atoms with Crippen molar-refractivity contribution in [1.82, 2.24) is 10.3 Å². The molecule has 0 bridgehead atoms. The summed E-state index contributed by atoms with van der Waals surface area (Å²) in [6, 6.07) is 10.4. The van der Waals surface area contributed by atoms with Crippen LogP contribution in [0.4, 0.5) is 0 Å². The standard InChI is InChI=1S/C15H21N3/c1-3-15(2,11-16)18-10-12-8-13-6-4-5-7-14(13)17-9-12/h4-9,18H,3,10-11,16H2,1-2H3. The maximum absolute atomic E-state index is 5.79. The molecule has 18 heavy (non-hydrogen) atoms. The van der Waals surface area contributed by atoms with Crippen molar-refractivity contribution in [1.29, 1.82) is 0 Å². The zero-order chi connectivity index (χ0) is 13.0. The fraction of sp³-hybridized carbons (Fsp3) is 0.400. The minimum atomic E-state index is 0.00560. The van der Waals surface area contributed by atoms with E-state index in [1.54, 1.807) is 0 Å². The van der Waals surface area contributed by atoms with Crippen LogP contribution in [0.1, 0.15) is 25.8 Å². The summed E-state index contributed by atoms with van der Waals surface area (Å²) in [7, 11) is 0. The molecular formula is C15H21N3. The molecule has 0 aliphatic heterocycles. The number of nitrogens with two attached hydrogens (primary N) is 1. The molecule has 0 saturated carbocycles. The summed E-state index contributed by atoms with van der Waals surface area (Å²) in [5.74, 6) is 0. The molecule has 3 heteroatoms. The molecule has 0 amide bonds. The van der Waals surface area contributed by atoms with Gasteiger partial charge in [-0.05, 0) is 31.0 Å². The number of fused-ring (bicyclic) bond motifs is 1. The number of aromatic nitrogens is 1. The Kier molecular flexibility index (Phi) is 3.94. The highest BCUT2D eigenvalue weighted by Gasteiger charge is 2.18. The first kappa shape index (κ1) is 13.0. The Morgan fingerprint density at radius 3 is 2.83 bits per heavy atom. The molecule has 3 nitrogen and oxygen atoms in total. The van der Waals surface area contributed by atoms with Crippen LogP contribution in [0.15, 0.2) is 36.5 Å². The molecule has 3 N–H and O–H groups in total. The third kappa shape index (κ3) is 2.86. The molecule has 2 aromatic rings. The third-order valence-corrected chi connectivity index (χ3v) is 3.60. The van der Waals surface area contributed by atoms with E-state index in [4.69, 9.17) is 5.73 Å². The van der Waals surface area contributed by atoms with Crippen molar-refractivity contribution in [3.63, 3.8) is 0 Å². The summed E-state index contributed by atoms with van der Waals surface area (Å²) in [6.45, 7) is 5.75. The molecule has 1 aromatic heterocycles. The van der Waals surface area contributed by atoms with Gasteiger partial charge in [-0.2, -0.15) is 0 Å². The van der Waals surface area contributed by atoms with Gasteiger partial charge in [0.2, 0.25) is 0 Å². The van der Waals surface area contributed by atoms with E-state index in [2.05, 4.69) is 36.3 Å². The van der Waals surface area contributed by atoms with E-state index in [1.165, 1.54) is 10.9 Å². The normalized spacial score (nSPS) is 14.6. The lowest BCUT2D eigenvalue weighted by molar-refractivity contribution is 0.350. The highest BCUT2D eigenvalue weighted by molar-refractivity contribution is 5.78. The van der Waals surface area contributed by atoms with Crippen LogP contribution in [0.3, 0.4) is 0 Å². The molecule has 0 radical (unpaired) electrons. The van der Waals surface area contributed by atoms with Gasteiger partial charge in [0, 0.05) is 30.2 Å². The van der Waals surface area contributed by atoms with Gasteiger partial charge < -0.3 is 11.1 Å². The van der Waals surface area contributed by atoms with Crippen LogP contribution in [-0.2, 0) is 6.54 Å². The third-order valence-electron chi connectivity index (χ3n) is 3.60. The summed E-state index contributed by atoms with van der Waals surface area (Å²) in [5.41, 5.74) is 8.04. The van der Waals surface area contributed by atoms with Crippen LogP contribution in [0.2, 0.25) is 0 Å². The van der Waals surface area contributed by atoms with Crippen LogP contribution in [0.25, 0.3) is 10.9 Å². The topological polar surface area (TPSA) is 50.9 Å². The Bertz CT molecular complexity index is 518. The van der Waals surface area contributed by atoms with Gasteiger partial charge in [0.05, 0.1) is 5.52 Å². The van der Waals surface area contributed by atoms with Crippen LogP contribution in [-0.4, -0.2) is 17.1 Å². The lowest BCUT2D eigenvalue weighted by Crippen LogP contribution is -2.47. The van der Waals surface area contributed by atoms with E-state index in [0.29, 0.717) is 6.54 Å². The number of nitrogens with zero attached hydrogens (tertiary/aromatic N) is 1. The van der Waals surface area contributed by atoms with Crippen LogP contribution in [0, 0.1) is 0 Å². The van der Waals surface area contributed by atoms with E-state index in [1.807, 2.05) is 24.4 Å². The Hall–Kier alpha value is -1.45. The zero-order valence-corrected chi connectivity index (χ0v) is 11.1. The zero-order valence-electron chi connectivity index (χ0n) is 11.1. The van der Waals surface area contributed by atoms with Gasteiger partial charge >= 0.3 is 0 Å². The van der Waals surface area contributed by atoms with Gasteiger partial charge in [0.1, 0.15) is 0 Å². The number of nitrogens with one attached hydrogen (secondary N) is 1. The summed E-state index contributed by atoms with van der Waals surface area (Å²) >= 11 is 0. The average molecular weight is 243 g/mol. The predicted molar refractivity (Wildman–Crippen MR) is 76.3 cm³/mol. The molecule has 1 unspecified atom stereocenters. The Morgan fingerprint density at radius 1 is 1.33 bits per heavy atom. The van der Waals surface area contributed by atoms with Crippen molar-refractivity contribution in [2.24, 2.45) is 5.73 Å². The first-order valence-corrected chi connectivity index (χ1v) is 6.45. The van der Waals surface area contributed by atoms with E-state index >= 15 is 0 Å². The van der Waals surface area contributed by atoms with Crippen molar-refractivity contribution in [2.75, 3.05) is 6.54 Å². The van der Waals surface area contributed by atoms with E-state index < -0.39 is 0 Å². The van der Waals surface area contributed by atoms with Crippen molar-refractivity contribution >= 4 is 10.9 Å². The number of benzene rings is 1. The number of hydrogen-bond acceptors (Lipinski definition) is 3. The van der Waals surface area contributed by atoms with Crippen molar-refractivity contribution in [3.8, 4) is 0 Å². The van der Waals surface area contributed by atoms with Gasteiger partial charge in [0.25, 0.3) is 0 Å². The summed E-state index contributed by atoms with van der Waals surface area (Å²) in [4.78, 5) is 4.46. The SMILES string of the molecule is CCC(C)(CN)NCc1cnc2ccccc2c1. The molecule has 0 fully saturated rings. The van der Waals surface area contributed by atoms with Gasteiger partial charge in [-0.3, -0.25) is 4.98 Å². The smallest absolute Gasteiger partial charge is 0.0702 e. The van der Waals surface area contributed by atoms with E-state index in [9.17, 15) is 0 Å². The summed E-state index contributed by atoms with van der Waals surface area (Å²) in [6.07, 6.45) is 2.95. The molecule has 1 aromatic carbocycles. The number of rotatable bonds is 5. The van der Waals surface area contributed by atoms with Crippen molar-refractivity contribution in [3.05, 3.63) is 42.1 Å². The van der Waals surface area contributed by atoms with Crippen LogP contribution in [0.5, 0.6) is 0 Å². The number of para-hydroxylation sites is 1. The number of pyridine rings is 1. The van der Waals surface area contributed by atoms with E-state index in [-0.39, 0.29) is 5.54 Å². The first-order valence-electron chi connectivity index (χ1n) is 6.45. The first-order chi connectivity index (χ1) is 8.67. The molecule has 1 heterocycles. The maximum atomic E-state index is 5.79. The molecule has 1 atom stereocenters. The maximum Gasteiger partial charge on any atom is 0.0702 e. The van der Waals surface area contributed by atoms with Crippen LogP contribution >= 0.6 is 0 Å². The molecule has 0 saturated heterocycles. The number of hydrogen-bond donors (Lipinski definition) is 2. The molecule has 0 aliphatic rings. The minimum Gasteiger partial charge on any atom is -0.329 e. The van der Waals surface area contributed by atoms with Crippen LogP contribution < -0.4 is 11.1 Å². The van der Waals surface area contributed by atoms with Gasteiger partial charge in [0.15, 0.2) is 0 Å². The van der Waals surface area contributed by atoms with E-state index in [0.717, 1.165) is 18.5 Å². The Balaban J connectivity index is 2.12. The quantitative estimate of drug-likeness (QED) is 0.848. The van der Waals surface area contributed by atoms with Gasteiger partial charge in [-0.15, -0.1) is 0 Å². The largest absolute Gasteiger partial charge is 0.329 e. The highest BCUT2D eigenvalue weighted by Crippen LogP contribution is 2.14. The predicted octanol–water partition coefficient (Wildman–Crippen LogP) is 2.45. The van der Waals surface area contributed by atoms with Crippen molar-refractivity contribution < 1.29 is 0 Å². The lowest BCUT2D eigenvalue weighted by Gasteiger charge is -2.28.